The van der Waals surface area contributed by atoms with Crippen molar-refractivity contribution in [3.05, 3.63) is 22.7 Å². The maximum absolute atomic E-state index is 13.2. The Hall–Kier alpha value is -1.47. The van der Waals surface area contributed by atoms with Gasteiger partial charge in [-0.25, -0.2) is 8.42 Å². The summed E-state index contributed by atoms with van der Waals surface area (Å²) in [4.78, 5) is 14.8. The van der Waals surface area contributed by atoms with Gasteiger partial charge in [-0.3, -0.25) is 4.79 Å². The maximum atomic E-state index is 13.2. The van der Waals surface area contributed by atoms with Gasteiger partial charge in [-0.15, -0.1) is 0 Å². The first-order valence-electron chi connectivity index (χ1n) is 9.34. The lowest BCUT2D eigenvalue weighted by molar-refractivity contribution is 0.0693. The number of amides is 1. The molecule has 0 N–H and O–H groups in total. The molecule has 0 bridgehead atoms. The summed E-state index contributed by atoms with van der Waals surface area (Å²) in [5.41, 5.74) is 0.376. The molecule has 27 heavy (non-hydrogen) atoms. The first-order valence-corrected chi connectivity index (χ1v) is 11.5. The van der Waals surface area contributed by atoms with Gasteiger partial charge in [-0.05, 0) is 31.4 Å². The van der Waals surface area contributed by atoms with Crippen molar-refractivity contribution < 1.29 is 22.7 Å². The maximum Gasteiger partial charge on any atom is 0.254 e. The highest BCUT2D eigenvalue weighted by molar-refractivity contribution is 7.91. The van der Waals surface area contributed by atoms with Crippen LogP contribution in [0, 0.1) is 0 Å². The average Bonchev–Trinajstić information content (AvgIpc) is 2.99. The van der Waals surface area contributed by atoms with E-state index in [-0.39, 0.29) is 23.5 Å². The highest BCUT2D eigenvalue weighted by Crippen LogP contribution is 2.37. The van der Waals surface area contributed by atoms with Crippen LogP contribution in [0.4, 0.5) is 0 Å². The summed E-state index contributed by atoms with van der Waals surface area (Å²) in [7, 11) is -1.59. The number of rotatable bonds is 9. The Bertz CT molecular complexity index is 766. The third-order valence-electron chi connectivity index (χ3n) is 4.59. The van der Waals surface area contributed by atoms with E-state index < -0.39 is 9.84 Å². The number of halogens is 1. The SMILES string of the molecule is CCCCN(C(=O)c1cc(Cl)c(OCCC)c(OC)c1)C1CCS(=O)(=O)C1. The Morgan fingerprint density at radius 2 is 2.04 bits per heavy atom. The Labute approximate surface area is 166 Å². The fourth-order valence-corrected chi connectivity index (χ4v) is 5.15. The minimum absolute atomic E-state index is 0.0189. The Morgan fingerprint density at radius 3 is 2.59 bits per heavy atom. The molecule has 1 atom stereocenters. The van der Waals surface area contributed by atoms with Crippen LogP contribution in [0.25, 0.3) is 0 Å². The van der Waals surface area contributed by atoms with E-state index in [1.165, 1.54) is 7.11 Å². The smallest absolute Gasteiger partial charge is 0.254 e. The second-order valence-electron chi connectivity index (χ2n) is 6.75. The van der Waals surface area contributed by atoms with E-state index in [1.54, 1.807) is 17.0 Å². The summed E-state index contributed by atoms with van der Waals surface area (Å²) in [6.07, 6.45) is 3.02. The molecular weight excluding hydrogens is 390 g/mol. The van der Waals surface area contributed by atoms with E-state index in [2.05, 4.69) is 0 Å². The zero-order valence-corrected chi connectivity index (χ0v) is 17.7. The van der Waals surface area contributed by atoms with Crippen molar-refractivity contribution in [2.45, 2.75) is 45.6 Å². The topological polar surface area (TPSA) is 72.9 Å². The number of hydrogen-bond donors (Lipinski definition) is 0. The first-order chi connectivity index (χ1) is 12.8. The highest BCUT2D eigenvalue weighted by Gasteiger charge is 2.35. The van der Waals surface area contributed by atoms with Crippen molar-refractivity contribution in [3.8, 4) is 11.5 Å². The van der Waals surface area contributed by atoms with Gasteiger partial charge in [0.2, 0.25) is 0 Å². The molecule has 6 nitrogen and oxygen atoms in total. The minimum Gasteiger partial charge on any atom is -0.493 e. The lowest BCUT2D eigenvalue weighted by atomic mass is 10.1. The monoisotopic (exact) mass is 417 g/mol. The quantitative estimate of drug-likeness (QED) is 0.614. The van der Waals surface area contributed by atoms with Crippen molar-refractivity contribution in [2.24, 2.45) is 0 Å². The summed E-state index contributed by atoms with van der Waals surface area (Å²) in [6.45, 7) is 5.03. The molecular formula is C19H28ClNO5S. The number of hydrogen-bond acceptors (Lipinski definition) is 5. The predicted molar refractivity (Wildman–Crippen MR) is 107 cm³/mol. The van der Waals surface area contributed by atoms with E-state index in [4.69, 9.17) is 21.1 Å². The Balaban J connectivity index is 2.32. The second kappa shape index (κ2) is 9.64. The van der Waals surface area contributed by atoms with Crippen LogP contribution in [0.5, 0.6) is 11.5 Å². The zero-order valence-electron chi connectivity index (χ0n) is 16.2. The summed E-state index contributed by atoms with van der Waals surface area (Å²) in [6, 6.07) is 2.89. The molecule has 1 unspecified atom stereocenters. The first kappa shape index (κ1) is 21.8. The number of nitrogens with zero attached hydrogens (tertiary/aromatic N) is 1. The van der Waals surface area contributed by atoms with E-state index in [0.29, 0.717) is 41.7 Å². The normalized spacial score (nSPS) is 18.3. The fourth-order valence-electron chi connectivity index (χ4n) is 3.15. The molecule has 0 aliphatic carbocycles. The molecule has 1 fully saturated rings. The van der Waals surface area contributed by atoms with Gasteiger partial charge in [0.25, 0.3) is 5.91 Å². The third-order valence-corrected chi connectivity index (χ3v) is 6.62. The number of unbranched alkanes of at least 4 members (excludes halogenated alkanes) is 1. The molecule has 1 aromatic carbocycles. The number of benzene rings is 1. The Kier molecular flexibility index (Phi) is 7.79. The standard InChI is InChI=1S/C19H28ClNO5S/c1-4-6-8-21(15-7-10-27(23,24)13-15)19(22)14-11-16(20)18(26-9-5-2)17(12-14)25-3/h11-12,15H,4-10,13H2,1-3H3. The van der Waals surface area contributed by atoms with Crippen LogP contribution in [-0.4, -0.2) is 57.0 Å². The van der Waals surface area contributed by atoms with Crippen molar-refractivity contribution in [1.29, 1.82) is 0 Å². The van der Waals surface area contributed by atoms with Gasteiger partial charge in [0.15, 0.2) is 21.3 Å². The van der Waals surface area contributed by atoms with Crippen LogP contribution in [0.15, 0.2) is 12.1 Å². The van der Waals surface area contributed by atoms with Crippen LogP contribution in [0.3, 0.4) is 0 Å². The van der Waals surface area contributed by atoms with Crippen molar-refractivity contribution in [2.75, 3.05) is 31.8 Å². The molecule has 0 radical (unpaired) electrons. The lowest BCUT2D eigenvalue weighted by Gasteiger charge is -2.28. The van der Waals surface area contributed by atoms with Crippen LogP contribution < -0.4 is 9.47 Å². The molecule has 1 aliphatic heterocycles. The van der Waals surface area contributed by atoms with Crippen LogP contribution >= 0.6 is 11.6 Å². The Morgan fingerprint density at radius 1 is 1.30 bits per heavy atom. The summed E-state index contributed by atoms with van der Waals surface area (Å²) in [5, 5.41) is 0.306. The van der Waals surface area contributed by atoms with Gasteiger partial charge in [0, 0.05) is 18.2 Å². The van der Waals surface area contributed by atoms with Crippen LogP contribution in [-0.2, 0) is 9.84 Å². The van der Waals surface area contributed by atoms with E-state index in [1.807, 2.05) is 13.8 Å². The fraction of sp³-hybridized carbons (Fsp3) is 0.632. The van der Waals surface area contributed by atoms with Crippen molar-refractivity contribution in [1.82, 2.24) is 4.90 Å². The molecule has 152 valence electrons. The van der Waals surface area contributed by atoms with E-state index in [9.17, 15) is 13.2 Å². The van der Waals surface area contributed by atoms with Gasteiger partial charge in [-0.2, -0.15) is 0 Å². The number of methoxy groups -OCH3 is 1. The molecule has 1 aromatic rings. The highest BCUT2D eigenvalue weighted by atomic mass is 35.5. The number of sulfone groups is 1. The predicted octanol–water partition coefficient (Wildman–Crippen LogP) is 3.57. The van der Waals surface area contributed by atoms with Gasteiger partial charge in [0.05, 0.1) is 30.2 Å². The molecule has 0 saturated carbocycles. The lowest BCUT2D eigenvalue weighted by Crippen LogP contribution is -2.41. The van der Waals surface area contributed by atoms with Gasteiger partial charge in [-0.1, -0.05) is 31.9 Å². The summed E-state index contributed by atoms with van der Waals surface area (Å²) < 4.78 is 34.8. The molecule has 0 aromatic heterocycles. The molecule has 1 saturated heterocycles. The van der Waals surface area contributed by atoms with Gasteiger partial charge >= 0.3 is 0 Å². The van der Waals surface area contributed by atoms with Crippen LogP contribution in [0.1, 0.15) is 49.9 Å². The van der Waals surface area contributed by atoms with Gasteiger partial charge in [0.1, 0.15) is 0 Å². The molecule has 1 amide bonds. The number of carbonyl (C=O) groups excluding carboxylic acids is 1. The van der Waals surface area contributed by atoms with Crippen molar-refractivity contribution in [3.63, 3.8) is 0 Å². The van der Waals surface area contributed by atoms with E-state index in [0.717, 1.165) is 19.3 Å². The van der Waals surface area contributed by atoms with Crippen LogP contribution in [0.2, 0.25) is 5.02 Å². The molecule has 1 heterocycles. The van der Waals surface area contributed by atoms with Gasteiger partial charge < -0.3 is 14.4 Å². The molecule has 0 spiro atoms. The summed E-state index contributed by atoms with van der Waals surface area (Å²) in [5.74, 6) is 0.731. The number of ether oxygens (including phenoxy) is 2. The largest absolute Gasteiger partial charge is 0.493 e. The van der Waals surface area contributed by atoms with E-state index >= 15 is 0 Å². The molecule has 2 rings (SSSR count). The minimum atomic E-state index is -3.08. The molecule has 1 aliphatic rings. The van der Waals surface area contributed by atoms with Crippen molar-refractivity contribution >= 4 is 27.3 Å². The third kappa shape index (κ3) is 5.51. The second-order valence-corrected chi connectivity index (χ2v) is 9.38. The zero-order chi connectivity index (χ0) is 20.0. The number of carbonyl (C=O) groups is 1. The molecule has 8 heteroatoms. The summed E-state index contributed by atoms with van der Waals surface area (Å²) >= 11 is 6.34. The average molecular weight is 418 g/mol.